The van der Waals surface area contributed by atoms with Crippen molar-refractivity contribution in [2.75, 3.05) is 24.7 Å². The first-order valence-electron chi connectivity index (χ1n) is 13.7. The summed E-state index contributed by atoms with van der Waals surface area (Å²) in [5.74, 6) is -0.844. The van der Waals surface area contributed by atoms with Gasteiger partial charge in [0, 0.05) is 24.2 Å². The summed E-state index contributed by atoms with van der Waals surface area (Å²) in [6.45, 7) is 0.934. The first-order chi connectivity index (χ1) is 20.3. The summed E-state index contributed by atoms with van der Waals surface area (Å²) >= 11 is 0. The zero-order valence-corrected chi connectivity index (χ0v) is 22.5. The van der Waals surface area contributed by atoms with Crippen molar-refractivity contribution >= 4 is 17.1 Å². The van der Waals surface area contributed by atoms with Gasteiger partial charge in [0.15, 0.2) is 0 Å². The Bertz CT molecular complexity index is 1520. The Morgan fingerprint density at radius 2 is 2.02 bits per heavy atom. The lowest BCUT2D eigenvalue weighted by Gasteiger charge is -2.32. The lowest BCUT2D eigenvalue weighted by atomic mass is 9.95. The largest absolute Gasteiger partial charge is 0.426 e. The number of hydrogen-bond donors (Lipinski definition) is 0. The molecule has 1 unspecified atom stereocenters. The summed E-state index contributed by atoms with van der Waals surface area (Å²) in [5, 5.41) is 19.9. The van der Waals surface area contributed by atoms with Gasteiger partial charge in [-0.3, -0.25) is 10.1 Å². The van der Waals surface area contributed by atoms with Crippen molar-refractivity contribution in [2.24, 2.45) is 0 Å². The van der Waals surface area contributed by atoms with Gasteiger partial charge in [0.25, 0.3) is 11.8 Å². The molecule has 0 saturated carbocycles. The predicted octanol–water partition coefficient (Wildman–Crippen LogP) is 6.14. The number of alkyl halides is 3. The molecule has 3 aliphatic rings. The standard InChI is InChI=1S/C29H28F3N5O5/c30-29(31,32)28(41-17-19-8-3-1-4-9-19)13-6-2-5-10-21-11-7-14-36(21)25-22(20-12-15-40-18-20)16-23(37(38)39)24(33-25)26-34-35-27(28)42-26/h1-5,8-9,12,16,21H,6-7,10-11,13-15,17-18H2/b5-2-/t21-,28?/m1/s1. The summed E-state index contributed by atoms with van der Waals surface area (Å²) in [6, 6.07) is 9.84. The van der Waals surface area contributed by atoms with E-state index in [1.165, 1.54) is 6.07 Å². The van der Waals surface area contributed by atoms with Crippen LogP contribution in [0.4, 0.5) is 24.7 Å². The lowest BCUT2D eigenvalue weighted by Crippen LogP contribution is -2.45. The number of benzene rings is 1. The normalized spacial score (nSPS) is 23.3. The van der Waals surface area contributed by atoms with E-state index in [4.69, 9.17) is 13.9 Å². The Kier molecular flexibility index (Phi) is 7.54. The second-order valence-corrected chi connectivity index (χ2v) is 10.5. The highest BCUT2D eigenvalue weighted by Gasteiger charge is 2.61. The molecular formula is C29H28F3N5O5. The van der Waals surface area contributed by atoms with Gasteiger partial charge in [-0.05, 0) is 43.2 Å². The van der Waals surface area contributed by atoms with Crippen LogP contribution in [0.15, 0.2) is 59.0 Å². The number of allylic oxidation sites excluding steroid dienone is 1. The van der Waals surface area contributed by atoms with Crippen molar-refractivity contribution in [1.82, 2.24) is 15.2 Å². The van der Waals surface area contributed by atoms with Crippen LogP contribution in [0.25, 0.3) is 17.2 Å². The van der Waals surface area contributed by atoms with Crippen molar-refractivity contribution < 1.29 is 32.0 Å². The molecule has 1 fully saturated rings. The fourth-order valence-electron chi connectivity index (χ4n) is 5.69. The summed E-state index contributed by atoms with van der Waals surface area (Å²) in [6.07, 6.45) is 2.28. The van der Waals surface area contributed by atoms with Crippen molar-refractivity contribution in [1.29, 1.82) is 0 Å². The molecule has 0 N–H and O–H groups in total. The lowest BCUT2D eigenvalue weighted by molar-refractivity contribution is -0.384. The summed E-state index contributed by atoms with van der Waals surface area (Å²) < 4.78 is 61.6. The maximum atomic E-state index is 14.9. The molecule has 3 aliphatic heterocycles. The number of nitrogens with zero attached hydrogens (tertiary/aromatic N) is 5. The fraction of sp³-hybridized carbons (Fsp3) is 0.414. The highest BCUT2D eigenvalue weighted by atomic mass is 19.4. The molecule has 0 amide bonds. The summed E-state index contributed by atoms with van der Waals surface area (Å²) in [7, 11) is 0. The molecule has 1 saturated heterocycles. The van der Waals surface area contributed by atoms with E-state index in [1.807, 2.05) is 12.2 Å². The smallest absolute Gasteiger partial charge is 0.415 e. The summed E-state index contributed by atoms with van der Waals surface area (Å²) in [4.78, 5) is 18.4. The minimum Gasteiger partial charge on any atom is -0.415 e. The van der Waals surface area contributed by atoms with E-state index in [1.54, 1.807) is 36.4 Å². The Labute approximate surface area is 239 Å². The molecule has 1 aromatic carbocycles. The average molecular weight is 584 g/mol. The first kappa shape index (κ1) is 28.0. The van der Waals surface area contributed by atoms with Crippen LogP contribution in [-0.2, 0) is 21.7 Å². The number of rotatable bonds is 5. The van der Waals surface area contributed by atoms with E-state index in [0.717, 1.165) is 18.4 Å². The molecule has 0 aliphatic carbocycles. The van der Waals surface area contributed by atoms with Crippen LogP contribution in [0.2, 0.25) is 0 Å². The van der Waals surface area contributed by atoms with E-state index in [0.29, 0.717) is 36.5 Å². The number of ether oxygens (including phenoxy) is 2. The molecular weight excluding hydrogens is 555 g/mol. The zero-order chi connectivity index (χ0) is 29.3. The van der Waals surface area contributed by atoms with Crippen LogP contribution in [-0.4, -0.2) is 52.1 Å². The highest BCUT2D eigenvalue weighted by Crippen LogP contribution is 2.47. The van der Waals surface area contributed by atoms with E-state index >= 15 is 0 Å². The average Bonchev–Trinajstić information content (AvgIpc) is 3.76. The number of halogens is 3. The number of pyridine rings is 1. The van der Waals surface area contributed by atoms with Gasteiger partial charge >= 0.3 is 11.9 Å². The number of hydrogen-bond acceptors (Lipinski definition) is 9. The van der Waals surface area contributed by atoms with Crippen LogP contribution in [0.3, 0.4) is 0 Å². The molecule has 42 heavy (non-hydrogen) atoms. The quantitative estimate of drug-likeness (QED) is 0.198. The molecule has 10 nitrogen and oxygen atoms in total. The third-order valence-electron chi connectivity index (χ3n) is 7.88. The van der Waals surface area contributed by atoms with Crippen molar-refractivity contribution in [3.63, 3.8) is 0 Å². The molecule has 4 bridgehead atoms. The van der Waals surface area contributed by atoms with Crippen molar-refractivity contribution in [3.8, 4) is 11.6 Å². The van der Waals surface area contributed by atoms with Gasteiger partial charge in [-0.15, -0.1) is 10.2 Å². The van der Waals surface area contributed by atoms with E-state index in [2.05, 4.69) is 20.1 Å². The van der Waals surface area contributed by atoms with E-state index in [9.17, 15) is 23.3 Å². The summed E-state index contributed by atoms with van der Waals surface area (Å²) in [5.41, 5.74) is -1.88. The highest BCUT2D eigenvalue weighted by molar-refractivity contribution is 5.81. The number of anilines is 1. The maximum absolute atomic E-state index is 14.9. The Morgan fingerprint density at radius 1 is 1.19 bits per heavy atom. The molecule has 6 rings (SSSR count). The van der Waals surface area contributed by atoms with Crippen LogP contribution >= 0.6 is 0 Å². The topological polar surface area (TPSA) is 117 Å². The Balaban J connectivity index is 1.52. The fourth-order valence-corrected chi connectivity index (χ4v) is 5.69. The second kappa shape index (κ2) is 11.3. The maximum Gasteiger partial charge on any atom is 0.426 e. The molecule has 0 spiro atoms. The van der Waals surface area contributed by atoms with Gasteiger partial charge < -0.3 is 18.8 Å². The third kappa shape index (κ3) is 5.18. The monoisotopic (exact) mass is 583 g/mol. The van der Waals surface area contributed by atoms with Crippen LogP contribution < -0.4 is 4.90 Å². The second-order valence-electron chi connectivity index (χ2n) is 10.5. The van der Waals surface area contributed by atoms with Gasteiger partial charge in [0.2, 0.25) is 11.3 Å². The van der Waals surface area contributed by atoms with E-state index < -0.39 is 40.6 Å². The number of nitro groups is 1. The van der Waals surface area contributed by atoms with Crippen molar-refractivity contribution in [2.45, 2.75) is 56.5 Å². The predicted molar refractivity (Wildman–Crippen MR) is 145 cm³/mol. The first-order valence-corrected chi connectivity index (χ1v) is 13.7. The van der Waals surface area contributed by atoms with Gasteiger partial charge in [-0.1, -0.05) is 48.6 Å². The van der Waals surface area contributed by atoms with Crippen molar-refractivity contribution in [3.05, 3.63) is 81.8 Å². The minimum absolute atomic E-state index is 0.00705. The Morgan fingerprint density at radius 3 is 2.76 bits per heavy atom. The van der Waals surface area contributed by atoms with E-state index in [-0.39, 0.29) is 31.4 Å². The SMILES string of the molecule is O=[N+]([O-])c1cc(C2=CCOC2)c2nc1-c1nnc(o1)C(OCc1ccccc1)(C(F)(F)F)CC/C=C\C[C@@H]1CCCN21. The number of aromatic nitrogens is 3. The zero-order valence-electron chi connectivity index (χ0n) is 22.5. The third-order valence-corrected chi connectivity index (χ3v) is 7.88. The van der Waals surface area contributed by atoms with Crippen LogP contribution in [0.5, 0.6) is 0 Å². The van der Waals surface area contributed by atoms with Crippen LogP contribution in [0, 0.1) is 10.1 Å². The molecule has 0 radical (unpaired) electrons. The van der Waals surface area contributed by atoms with Crippen LogP contribution in [0.1, 0.15) is 49.1 Å². The molecule has 5 heterocycles. The molecule has 2 atom stereocenters. The van der Waals surface area contributed by atoms with Gasteiger partial charge in [-0.2, -0.15) is 13.2 Å². The van der Waals surface area contributed by atoms with Gasteiger partial charge in [0.1, 0.15) is 5.82 Å². The molecule has 13 heteroatoms. The molecule has 220 valence electrons. The van der Waals surface area contributed by atoms with Gasteiger partial charge in [-0.25, -0.2) is 4.98 Å². The number of fused-ring (bicyclic) bond motifs is 7. The molecule has 2 aromatic heterocycles. The molecule has 3 aromatic rings. The minimum atomic E-state index is -4.94. The van der Waals surface area contributed by atoms with Gasteiger partial charge in [0.05, 0.1) is 24.7 Å². The Hall–Kier alpha value is -4.10.